The molecule has 3 N–H and O–H groups in total. The van der Waals surface area contributed by atoms with E-state index >= 15 is 0 Å². The Kier molecular flexibility index (Phi) is 7.62. The Bertz CT molecular complexity index is 656. The van der Waals surface area contributed by atoms with E-state index < -0.39 is 0 Å². The van der Waals surface area contributed by atoms with Crippen LogP contribution in [0, 0.1) is 28.6 Å². The quantitative estimate of drug-likeness (QED) is 0.610. The number of allylic oxidation sites excluding steroid dienone is 1. The van der Waals surface area contributed by atoms with Crippen molar-refractivity contribution in [2.24, 2.45) is 39.3 Å². The number of rotatable bonds is 9. The van der Waals surface area contributed by atoms with Gasteiger partial charge in [0.1, 0.15) is 0 Å². The number of hydrogen-bond acceptors (Lipinski definition) is 5. The topological polar surface area (TPSA) is 97.0 Å². The van der Waals surface area contributed by atoms with Crippen LogP contribution >= 0.6 is 0 Å². The minimum Gasteiger partial charge on any atom is -0.380 e. The standard InChI is InChI=1S/C22H38N4O3/c1-15-7-8-24-10-17(15)19-16(9-18(27)26(19)6)20(28)25-12-22(4,5)14-29-13-21(2,3)11-23/h7-8,10,15-17,19H,9,11-14,23H2,1-6H3,(H,25,28)/t15?,16-,17?,19-/m0/s1. The lowest BCUT2D eigenvalue weighted by Gasteiger charge is -2.34. The van der Waals surface area contributed by atoms with Crippen LogP contribution in [0.25, 0.3) is 0 Å². The number of aliphatic imine (C=N–C) groups is 1. The average molecular weight is 407 g/mol. The molecule has 0 bridgehead atoms. The van der Waals surface area contributed by atoms with Gasteiger partial charge in [-0.05, 0) is 12.5 Å². The monoisotopic (exact) mass is 406 g/mol. The fourth-order valence-corrected chi connectivity index (χ4v) is 3.83. The molecule has 1 fully saturated rings. The van der Waals surface area contributed by atoms with E-state index in [4.69, 9.17) is 10.5 Å². The third-order valence-corrected chi connectivity index (χ3v) is 6.00. The summed E-state index contributed by atoms with van der Waals surface area (Å²) in [6.45, 7) is 12.5. The van der Waals surface area contributed by atoms with Crippen LogP contribution in [0.2, 0.25) is 0 Å². The van der Waals surface area contributed by atoms with Crippen molar-refractivity contribution in [2.45, 2.75) is 47.1 Å². The summed E-state index contributed by atoms with van der Waals surface area (Å²) < 4.78 is 5.86. The van der Waals surface area contributed by atoms with Crippen LogP contribution in [0.3, 0.4) is 0 Å². The summed E-state index contributed by atoms with van der Waals surface area (Å²) in [5.74, 6) is -0.153. The van der Waals surface area contributed by atoms with E-state index in [1.165, 1.54) is 0 Å². The van der Waals surface area contributed by atoms with E-state index in [0.29, 0.717) is 26.3 Å². The number of hydrogen-bond donors (Lipinski definition) is 2. The molecule has 0 aliphatic carbocycles. The number of likely N-dealkylation sites (tertiary alicyclic amines) is 1. The maximum atomic E-state index is 13.0. The van der Waals surface area contributed by atoms with Crippen LogP contribution in [0.4, 0.5) is 0 Å². The van der Waals surface area contributed by atoms with E-state index in [1.54, 1.807) is 18.1 Å². The summed E-state index contributed by atoms with van der Waals surface area (Å²) in [7, 11) is 1.79. The van der Waals surface area contributed by atoms with Gasteiger partial charge in [0.2, 0.25) is 11.8 Å². The zero-order valence-electron chi connectivity index (χ0n) is 18.8. The van der Waals surface area contributed by atoms with Crippen molar-refractivity contribution in [3.8, 4) is 0 Å². The van der Waals surface area contributed by atoms with Gasteiger partial charge in [-0.25, -0.2) is 0 Å². The lowest BCUT2D eigenvalue weighted by Crippen LogP contribution is -2.48. The van der Waals surface area contributed by atoms with Crippen LogP contribution in [0.5, 0.6) is 0 Å². The van der Waals surface area contributed by atoms with Crippen molar-refractivity contribution in [3.63, 3.8) is 0 Å². The van der Waals surface area contributed by atoms with Crippen molar-refractivity contribution < 1.29 is 14.3 Å². The first-order valence-corrected chi connectivity index (χ1v) is 10.5. The fourth-order valence-electron chi connectivity index (χ4n) is 3.83. The minimum absolute atomic E-state index is 0.0110. The zero-order chi connectivity index (χ0) is 21.8. The molecule has 2 aliphatic rings. The summed E-state index contributed by atoms with van der Waals surface area (Å²) in [6, 6.07) is -0.170. The Morgan fingerprint density at radius 1 is 1.31 bits per heavy atom. The maximum absolute atomic E-state index is 13.0. The minimum atomic E-state index is -0.370. The summed E-state index contributed by atoms with van der Waals surface area (Å²) in [4.78, 5) is 31.4. The highest BCUT2D eigenvalue weighted by atomic mass is 16.5. The molecule has 4 atom stereocenters. The highest BCUT2D eigenvalue weighted by Crippen LogP contribution is 2.34. The Hall–Kier alpha value is -1.73. The molecule has 2 rings (SSSR count). The SMILES string of the molecule is CC1C=CN=CC1[C@@H]1[C@@H](C(=O)NCC(C)(C)COCC(C)(C)CN)CC(=O)N1C. The van der Waals surface area contributed by atoms with Gasteiger partial charge >= 0.3 is 0 Å². The van der Waals surface area contributed by atoms with E-state index in [-0.39, 0.29) is 52.9 Å². The molecule has 0 aromatic rings. The number of nitrogens with two attached hydrogens (primary N) is 1. The fraction of sp³-hybridized carbons (Fsp3) is 0.773. The Balaban J connectivity index is 1.95. The Morgan fingerprint density at radius 2 is 1.97 bits per heavy atom. The van der Waals surface area contributed by atoms with Crippen LogP contribution in [0.1, 0.15) is 41.0 Å². The lowest BCUT2D eigenvalue weighted by atomic mass is 9.80. The van der Waals surface area contributed by atoms with Crippen molar-refractivity contribution in [1.82, 2.24) is 10.2 Å². The molecule has 2 amide bonds. The maximum Gasteiger partial charge on any atom is 0.225 e. The molecule has 0 aromatic heterocycles. The zero-order valence-corrected chi connectivity index (χ0v) is 18.8. The molecule has 164 valence electrons. The molecule has 2 unspecified atom stereocenters. The number of carbonyl (C=O) groups is 2. The first-order chi connectivity index (χ1) is 13.5. The molecule has 0 radical (unpaired) electrons. The number of nitrogens with zero attached hydrogens (tertiary/aromatic N) is 2. The van der Waals surface area contributed by atoms with Crippen LogP contribution in [0.15, 0.2) is 17.3 Å². The molecule has 2 aliphatic heterocycles. The highest BCUT2D eigenvalue weighted by Gasteiger charge is 2.46. The first kappa shape index (κ1) is 23.5. The first-order valence-electron chi connectivity index (χ1n) is 10.5. The molecule has 7 heteroatoms. The van der Waals surface area contributed by atoms with Gasteiger partial charge in [-0.15, -0.1) is 0 Å². The van der Waals surface area contributed by atoms with Gasteiger partial charge < -0.3 is 20.7 Å². The number of nitrogens with one attached hydrogen (secondary N) is 1. The Labute approximate surface area is 175 Å². The van der Waals surface area contributed by atoms with Gasteiger partial charge in [-0.1, -0.05) is 40.7 Å². The second-order valence-corrected chi connectivity index (χ2v) is 10.1. The summed E-state index contributed by atoms with van der Waals surface area (Å²) >= 11 is 0. The molecule has 7 nitrogen and oxygen atoms in total. The smallest absolute Gasteiger partial charge is 0.225 e. The highest BCUT2D eigenvalue weighted by molar-refractivity contribution is 5.91. The lowest BCUT2D eigenvalue weighted by molar-refractivity contribution is -0.128. The normalized spacial score (nSPS) is 27.6. The van der Waals surface area contributed by atoms with E-state index in [1.807, 2.05) is 12.3 Å². The van der Waals surface area contributed by atoms with Crippen molar-refractivity contribution in [2.75, 3.05) is 33.4 Å². The van der Waals surface area contributed by atoms with Gasteiger partial charge in [0.15, 0.2) is 0 Å². The molecule has 1 saturated heterocycles. The predicted molar refractivity (Wildman–Crippen MR) is 115 cm³/mol. The average Bonchev–Trinajstić information content (AvgIpc) is 2.95. The van der Waals surface area contributed by atoms with E-state index in [0.717, 1.165) is 0 Å². The molecular formula is C22H38N4O3. The second kappa shape index (κ2) is 9.39. The van der Waals surface area contributed by atoms with Gasteiger partial charge in [0, 0.05) is 49.2 Å². The number of ether oxygens (including phenoxy) is 1. The van der Waals surface area contributed by atoms with Crippen LogP contribution < -0.4 is 11.1 Å². The third kappa shape index (κ3) is 6.12. The van der Waals surface area contributed by atoms with E-state index in [9.17, 15) is 9.59 Å². The van der Waals surface area contributed by atoms with Crippen molar-refractivity contribution >= 4 is 18.0 Å². The second-order valence-electron chi connectivity index (χ2n) is 10.1. The van der Waals surface area contributed by atoms with Gasteiger partial charge in [-0.3, -0.25) is 14.6 Å². The third-order valence-electron chi connectivity index (χ3n) is 6.00. The van der Waals surface area contributed by atoms with Crippen LogP contribution in [-0.2, 0) is 14.3 Å². The van der Waals surface area contributed by atoms with Crippen LogP contribution in [-0.4, -0.2) is 62.3 Å². The molecule has 0 aromatic carbocycles. The van der Waals surface area contributed by atoms with Crippen molar-refractivity contribution in [1.29, 1.82) is 0 Å². The van der Waals surface area contributed by atoms with Crippen molar-refractivity contribution in [3.05, 3.63) is 12.3 Å². The largest absolute Gasteiger partial charge is 0.380 e. The molecule has 0 spiro atoms. The molecule has 29 heavy (non-hydrogen) atoms. The number of carbonyl (C=O) groups excluding carboxylic acids is 2. The molecule has 2 heterocycles. The Morgan fingerprint density at radius 3 is 2.59 bits per heavy atom. The van der Waals surface area contributed by atoms with Gasteiger partial charge in [0.05, 0.1) is 25.2 Å². The summed E-state index contributed by atoms with van der Waals surface area (Å²) in [5, 5.41) is 3.07. The van der Waals surface area contributed by atoms with Gasteiger partial charge in [-0.2, -0.15) is 0 Å². The van der Waals surface area contributed by atoms with Gasteiger partial charge in [0.25, 0.3) is 0 Å². The van der Waals surface area contributed by atoms with E-state index in [2.05, 4.69) is 44.9 Å². The summed E-state index contributed by atoms with van der Waals surface area (Å²) in [6.07, 6.45) is 5.93. The summed E-state index contributed by atoms with van der Waals surface area (Å²) in [5.41, 5.74) is 5.47. The predicted octanol–water partition coefficient (Wildman–Crippen LogP) is 1.83. The molecule has 0 saturated carbocycles. The number of amides is 2. The molecular weight excluding hydrogens is 368 g/mol.